The molecule has 3 aromatic heterocycles. The number of fused-ring (bicyclic) bond motifs is 1. The number of hydrogen-bond acceptors (Lipinski definition) is 3. The highest BCUT2D eigenvalue weighted by atomic mass is 79.9. The average molecular weight is 278 g/mol. The number of nitrogens with zero attached hydrogens (tertiary/aromatic N) is 5. The zero-order chi connectivity index (χ0) is 11.1. The molecule has 80 valence electrons. The molecular weight excluding hydrogens is 270 g/mol. The molecule has 0 aliphatic carbocycles. The normalized spacial score (nSPS) is 11.1. The molecule has 0 radical (unpaired) electrons. The van der Waals surface area contributed by atoms with Gasteiger partial charge < -0.3 is 0 Å². The van der Waals surface area contributed by atoms with E-state index < -0.39 is 0 Å². The van der Waals surface area contributed by atoms with Crippen LogP contribution in [-0.2, 0) is 7.05 Å². The van der Waals surface area contributed by atoms with E-state index in [4.69, 9.17) is 0 Å². The van der Waals surface area contributed by atoms with Crippen LogP contribution in [0, 0.1) is 0 Å². The largest absolute Gasteiger partial charge is 0.275 e. The second-order valence-electron chi connectivity index (χ2n) is 3.50. The van der Waals surface area contributed by atoms with Crippen molar-refractivity contribution in [1.82, 2.24) is 24.4 Å². The lowest BCUT2D eigenvalue weighted by Crippen LogP contribution is -1.90. The van der Waals surface area contributed by atoms with Gasteiger partial charge in [-0.25, -0.2) is 9.50 Å². The first kappa shape index (κ1) is 9.53. The number of aromatic nitrogens is 5. The lowest BCUT2D eigenvalue weighted by atomic mass is 10.2. The molecule has 0 spiro atoms. The van der Waals surface area contributed by atoms with Gasteiger partial charge in [-0.1, -0.05) is 0 Å². The van der Waals surface area contributed by atoms with Crippen LogP contribution in [-0.4, -0.2) is 24.4 Å². The Labute approximate surface area is 99.9 Å². The summed E-state index contributed by atoms with van der Waals surface area (Å²) in [7, 11) is 1.89. The van der Waals surface area contributed by atoms with E-state index in [9.17, 15) is 0 Å². The van der Waals surface area contributed by atoms with Crippen LogP contribution in [0.25, 0.3) is 16.8 Å². The van der Waals surface area contributed by atoms with Crippen molar-refractivity contribution in [3.05, 3.63) is 35.5 Å². The van der Waals surface area contributed by atoms with E-state index in [1.165, 1.54) is 0 Å². The summed E-state index contributed by atoms with van der Waals surface area (Å²) in [6, 6.07) is 1.98. The molecule has 0 saturated carbocycles. The van der Waals surface area contributed by atoms with Crippen molar-refractivity contribution in [2.24, 2.45) is 7.05 Å². The SMILES string of the molecule is Cn1cc(-c2cc3c(Br)cnn3cn2)cn1. The van der Waals surface area contributed by atoms with E-state index in [0.29, 0.717) is 0 Å². The van der Waals surface area contributed by atoms with Gasteiger partial charge in [-0.3, -0.25) is 4.68 Å². The summed E-state index contributed by atoms with van der Waals surface area (Å²) in [5.41, 5.74) is 2.88. The van der Waals surface area contributed by atoms with Crippen molar-refractivity contribution >= 4 is 21.4 Å². The van der Waals surface area contributed by atoms with Crippen LogP contribution in [0.3, 0.4) is 0 Å². The van der Waals surface area contributed by atoms with Crippen molar-refractivity contribution < 1.29 is 0 Å². The second kappa shape index (κ2) is 3.41. The van der Waals surface area contributed by atoms with Gasteiger partial charge in [0, 0.05) is 18.8 Å². The smallest absolute Gasteiger partial charge is 0.118 e. The lowest BCUT2D eigenvalue weighted by Gasteiger charge is -1.97. The molecule has 0 aliphatic rings. The maximum atomic E-state index is 4.33. The van der Waals surface area contributed by atoms with E-state index in [0.717, 1.165) is 21.2 Å². The van der Waals surface area contributed by atoms with E-state index in [2.05, 4.69) is 31.1 Å². The third kappa shape index (κ3) is 1.42. The van der Waals surface area contributed by atoms with Gasteiger partial charge in [-0.2, -0.15) is 10.2 Å². The van der Waals surface area contributed by atoms with E-state index in [-0.39, 0.29) is 0 Å². The van der Waals surface area contributed by atoms with E-state index in [1.54, 1.807) is 27.9 Å². The molecule has 0 bridgehead atoms. The summed E-state index contributed by atoms with van der Waals surface area (Å²) >= 11 is 3.45. The molecule has 0 N–H and O–H groups in total. The number of aryl methyl sites for hydroxylation is 1. The first-order valence-corrected chi connectivity index (χ1v) is 5.51. The highest BCUT2D eigenvalue weighted by Gasteiger charge is 2.06. The monoisotopic (exact) mass is 277 g/mol. The number of hydrogen-bond donors (Lipinski definition) is 0. The Balaban J connectivity index is 2.21. The summed E-state index contributed by atoms with van der Waals surface area (Å²) in [5.74, 6) is 0. The second-order valence-corrected chi connectivity index (χ2v) is 4.35. The maximum Gasteiger partial charge on any atom is 0.118 e. The minimum absolute atomic E-state index is 0.891. The molecule has 0 aromatic carbocycles. The fourth-order valence-electron chi connectivity index (χ4n) is 1.57. The molecule has 16 heavy (non-hydrogen) atoms. The Morgan fingerprint density at radius 2 is 2.12 bits per heavy atom. The van der Waals surface area contributed by atoms with Crippen LogP contribution in [0.4, 0.5) is 0 Å². The summed E-state index contributed by atoms with van der Waals surface area (Å²) < 4.78 is 4.44. The standard InChI is InChI=1S/C10H8BrN5/c1-15-5-7(3-13-15)9-2-10-8(11)4-14-16(10)6-12-9/h2-6H,1H3. The third-order valence-corrected chi connectivity index (χ3v) is 2.98. The minimum Gasteiger partial charge on any atom is -0.275 e. The maximum absolute atomic E-state index is 4.33. The predicted octanol–water partition coefficient (Wildman–Crippen LogP) is 1.89. The average Bonchev–Trinajstić information content (AvgIpc) is 2.86. The molecule has 3 aromatic rings. The zero-order valence-corrected chi connectivity index (χ0v) is 10.1. The van der Waals surface area contributed by atoms with Crippen molar-refractivity contribution in [1.29, 1.82) is 0 Å². The first-order valence-electron chi connectivity index (χ1n) is 4.72. The van der Waals surface area contributed by atoms with Crippen molar-refractivity contribution in [2.45, 2.75) is 0 Å². The fraction of sp³-hybridized carbons (Fsp3) is 0.100. The van der Waals surface area contributed by atoms with Gasteiger partial charge >= 0.3 is 0 Å². The van der Waals surface area contributed by atoms with Gasteiger partial charge in [0.05, 0.1) is 28.1 Å². The lowest BCUT2D eigenvalue weighted by molar-refractivity contribution is 0.768. The van der Waals surface area contributed by atoms with Crippen LogP contribution in [0.5, 0.6) is 0 Å². The Hall–Kier alpha value is -1.69. The quantitative estimate of drug-likeness (QED) is 0.683. The zero-order valence-electron chi connectivity index (χ0n) is 8.50. The Bertz CT molecular complexity index is 654. The molecule has 0 aliphatic heterocycles. The fourth-order valence-corrected chi connectivity index (χ4v) is 1.96. The van der Waals surface area contributed by atoms with Gasteiger partial charge in [-0.05, 0) is 22.0 Å². The molecule has 0 saturated heterocycles. The van der Waals surface area contributed by atoms with Crippen LogP contribution in [0.2, 0.25) is 0 Å². The van der Waals surface area contributed by atoms with Gasteiger partial charge in [0.25, 0.3) is 0 Å². The highest BCUT2D eigenvalue weighted by Crippen LogP contribution is 2.22. The molecular formula is C10H8BrN5. The molecule has 5 nitrogen and oxygen atoms in total. The molecule has 6 heteroatoms. The molecule has 0 amide bonds. The minimum atomic E-state index is 0.891. The molecule has 3 heterocycles. The molecule has 3 rings (SSSR count). The topological polar surface area (TPSA) is 48.0 Å². The van der Waals surface area contributed by atoms with E-state index >= 15 is 0 Å². The van der Waals surface area contributed by atoms with E-state index in [1.807, 2.05) is 19.3 Å². The number of rotatable bonds is 1. The summed E-state index contributed by atoms with van der Waals surface area (Å²) in [5, 5.41) is 8.27. The van der Waals surface area contributed by atoms with Crippen LogP contribution in [0.15, 0.2) is 35.5 Å². The third-order valence-electron chi connectivity index (χ3n) is 2.37. The summed E-state index contributed by atoms with van der Waals surface area (Å²) in [6.07, 6.45) is 7.18. The van der Waals surface area contributed by atoms with Crippen molar-refractivity contribution in [3.63, 3.8) is 0 Å². The number of halogens is 1. The van der Waals surface area contributed by atoms with Crippen molar-refractivity contribution in [2.75, 3.05) is 0 Å². The molecule has 0 atom stereocenters. The van der Waals surface area contributed by atoms with Gasteiger partial charge in [0.1, 0.15) is 6.33 Å². The van der Waals surface area contributed by atoms with Crippen LogP contribution >= 0.6 is 15.9 Å². The molecule has 0 unspecified atom stereocenters. The van der Waals surface area contributed by atoms with Crippen LogP contribution in [0.1, 0.15) is 0 Å². The molecule has 0 fully saturated rings. The van der Waals surface area contributed by atoms with Gasteiger partial charge in [0.15, 0.2) is 0 Å². The Kier molecular flexibility index (Phi) is 2.03. The predicted molar refractivity (Wildman–Crippen MR) is 62.9 cm³/mol. The Morgan fingerprint density at radius 3 is 2.88 bits per heavy atom. The first-order chi connectivity index (χ1) is 7.74. The summed E-state index contributed by atoms with van der Waals surface area (Å²) in [6.45, 7) is 0. The highest BCUT2D eigenvalue weighted by molar-refractivity contribution is 9.10. The summed E-state index contributed by atoms with van der Waals surface area (Å²) in [4.78, 5) is 4.33. The van der Waals surface area contributed by atoms with Crippen molar-refractivity contribution in [3.8, 4) is 11.3 Å². The van der Waals surface area contributed by atoms with Crippen LogP contribution < -0.4 is 0 Å². The van der Waals surface area contributed by atoms with Gasteiger partial charge in [0.2, 0.25) is 0 Å². The van der Waals surface area contributed by atoms with Gasteiger partial charge in [-0.15, -0.1) is 0 Å². The Morgan fingerprint density at radius 1 is 1.25 bits per heavy atom.